The monoisotopic (exact) mass is 251 g/mol. The van der Waals surface area contributed by atoms with Crippen molar-refractivity contribution in [1.82, 2.24) is 0 Å². The van der Waals surface area contributed by atoms with E-state index in [4.69, 9.17) is 4.74 Å². The highest BCUT2D eigenvalue weighted by atomic mass is 16.6. The highest BCUT2D eigenvalue weighted by Gasteiger charge is 2.15. The summed E-state index contributed by atoms with van der Waals surface area (Å²) in [5.74, 6) is 0.446. The molecule has 0 spiro atoms. The molecule has 0 N–H and O–H groups in total. The summed E-state index contributed by atoms with van der Waals surface area (Å²) in [4.78, 5) is 21.8. The summed E-state index contributed by atoms with van der Waals surface area (Å²) in [7, 11) is 0. The fourth-order valence-electron chi connectivity index (χ4n) is 1.44. The number of hydrogen-bond donors (Lipinski definition) is 0. The van der Waals surface area contributed by atoms with Gasteiger partial charge in [-0.1, -0.05) is 13.8 Å². The van der Waals surface area contributed by atoms with Gasteiger partial charge in [-0.15, -0.1) is 0 Å². The molecule has 0 fully saturated rings. The van der Waals surface area contributed by atoms with Crippen LogP contribution in [0.4, 0.5) is 5.69 Å². The molecule has 0 radical (unpaired) electrons. The molecule has 98 valence electrons. The van der Waals surface area contributed by atoms with E-state index in [1.165, 1.54) is 6.07 Å². The molecule has 5 heteroatoms. The molecule has 0 saturated carbocycles. The van der Waals surface area contributed by atoms with E-state index in [2.05, 4.69) is 0 Å². The number of nitro benzene ring substituents is 1. The number of carbonyl (C=O) groups excluding carboxylic acids is 1. The molecular formula is C13H17NO4. The van der Waals surface area contributed by atoms with E-state index in [-0.39, 0.29) is 24.0 Å². The molecule has 1 rings (SSSR count). The molecule has 0 aromatic heterocycles. The second-order valence-corrected chi connectivity index (χ2v) is 4.57. The SMILES string of the molecule is Cc1cc([N+](=O)[O-])c(C)cc1OCC(=O)C(C)C. The largest absolute Gasteiger partial charge is 0.486 e. The van der Waals surface area contributed by atoms with E-state index < -0.39 is 4.92 Å². The number of aryl methyl sites for hydroxylation is 2. The van der Waals surface area contributed by atoms with Crippen molar-refractivity contribution in [1.29, 1.82) is 0 Å². The zero-order valence-electron chi connectivity index (χ0n) is 11.0. The van der Waals surface area contributed by atoms with E-state index >= 15 is 0 Å². The average Bonchev–Trinajstić information content (AvgIpc) is 2.28. The quantitative estimate of drug-likeness (QED) is 0.596. The summed E-state index contributed by atoms with van der Waals surface area (Å²) < 4.78 is 5.40. The molecule has 0 bridgehead atoms. The van der Waals surface area contributed by atoms with Gasteiger partial charge in [0.1, 0.15) is 12.4 Å². The summed E-state index contributed by atoms with van der Waals surface area (Å²) in [6.45, 7) is 6.98. The highest BCUT2D eigenvalue weighted by molar-refractivity contribution is 5.81. The van der Waals surface area contributed by atoms with Gasteiger partial charge < -0.3 is 4.74 Å². The zero-order valence-corrected chi connectivity index (χ0v) is 11.0. The van der Waals surface area contributed by atoms with Crippen molar-refractivity contribution in [3.8, 4) is 5.75 Å². The lowest BCUT2D eigenvalue weighted by Gasteiger charge is -2.10. The summed E-state index contributed by atoms with van der Waals surface area (Å²) >= 11 is 0. The molecule has 0 amide bonds. The minimum Gasteiger partial charge on any atom is -0.486 e. The van der Waals surface area contributed by atoms with Crippen LogP contribution >= 0.6 is 0 Å². The van der Waals surface area contributed by atoms with E-state index in [1.54, 1.807) is 33.8 Å². The third-order valence-corrected chi connectivity index (χ3v) is 2.70. The van der Waals surface area contributed by atoms with Gasteiger partial charge in [-0.3, -0.25) is 14.9 Å². The van der Waals surface area contributed by atoms with Crippen molar-refractivity contribution in [3.63, 3.8) is 0 Å². The number of nitrogens with zero attached hydrogens (tertiary/aromatic N) is 1. The third kappa shape index (κ3) is 3.29. The number of ether oxygens (including phenoxy) is 1. The summed E-state index contributed by atoms with van der Waals surface area (Å²) in [5.41, 5.74) is 1.25. The number of hydrogen-bond acceptors (Lipinski definition) is 4. The van der Waals surface area contributed by atoms with Crippen molar-refractivity contribution < 1.29 is 14.5 Å². The fraction of sp³-hybridized carbons (Fsp3) is 0.462. The Kier molecular flexibility index (Phi) is 4.42. The smallest absolute Gasteiger partial charge is 0.272 e. The van der Waals surface area contributed by atoms with Crippen LogP contribution in [-0.4, -0.2) is 17.3 Å². The van der Waals surface area contributed by atoms with Crippen molar-refractivity contribution in [3.05, 3.63) is 33.4 Å². The van der Waals surface area contributed by atoms with Crippen molar-refractivity contribution in [2.45, 2.75) is 27.7 Å². The summed E-state index contributed by atoms with van der Waals surface area (Å²) in [6, 6.07) is 3.06. The molecule has 0 unspecified atom stereocenters. The van der Waals surface area contributed by atoms with Gasteiger partial charge >= 0.3 is 0 Å². The number of ketones is 1. The van der Waals surface area contributed by atoms with E-state index in [1.807, 2.05) is 0 Å². The summed E-state index contributed by atoms with van der Waals surface area (Å²) in [5, 5.41) is 10.8. The van der Waals surface area contributed by atoms with Crippen LogP contribution < -0.4 is 4.74 Å². The number of benzene rings is 1. The van der Waals surface area contributed by atoms with Crippen molar-refractivity contribution in [2.24, 2.45) is 5.92 Å². The predicted molar refractivity (Wildman–Crippen MR) is 67.9 cm³/mol. The Morgan fingerprint density at radius 3 is 2.44 bits per heavy atom. The van der Waals surface area contributed by atoms with Crippen LogP contribution in [0.2, 0.25) is 0 Å². The first-order valence-corrected chi connectivity index (χ1v) is 5.74. The van der Waals surface area contributed by atoms with E-state index in [0.29, 0.717) is 16.9 Å². The molecule has 0 saturated heterocycles. The Morgan fingerprint density at radius 2 is 1.94 bits per heavy atom. The van der Waals surface area contributed by atoms with E-state index in [0.717, 1.165) is 0 Å². The van der Waals surface area contributed by atoms with Crippen molar-refractivity contribution >= 4 is 11.5 Å². The minimum atomic E-state index is -0.425. The Hall–Kier alpha value is -1.91. The molecule has 1 aromatic carbocycles. The average molecular weight is 251 g/mol. The van der Waals surface area contributed by atoms with Crippen LogP contribution in [0.25, 0.3) is 0 Å². The fourth-order valence-corrected chi connectivity index (χ4v) is 1.44. The maximum Gasteiger partial charge on any atom is 0.272 e. The van der Waals surface area contributed by atoms with Gasteiger partial charge in [-0.05, 0) is 25.5 Å². The van der Waals surface area contributed by atoms with Gasteiger partial charge in [-0.2, -0.15) is 0 Å². The van der Waals surface area contributed by atoms with E-state index in [9.17, 15) is 14.9 Å². The minimum absolute atomic E-state index is 0.00421. The number of carbonyl (C=O) groups is 1. The Bertz CT molecular complexity index is 480. The normalized spacial score (nSPS) is 10.5. The Morgan fingerprint density at radius 1 is 1.33 bits per heavy atom. The number of nitro groups is 1. The zero-order chi connectivity index (χ0) is 13.9. The van der Waals surface area contributed by atoms with Crippen LogP contribution in [0.1, 0.15) is 25.0 Å². The topological polar surface area (TPSA) is 69.4 Å². The number of Topliss-reactive ketones (excluding diaryl/α,β-unsaturated/α-hetero) is 1. The van der Waals surface area contributed by atoms with Crippen LogP contribution in [0.3, 0.4) is 0 Å². The first-order valence-electron chi connectivity index (χ1n) is 5.74. The lowest BCUT2D eigenvalue weighted by molar-refractivity contribution is -0.385. The second-order valence-electron chi connectivity index (χ2n) is 4.57. The second kappa shape index (κ2) is 5.62. The maximum atomic E-state index is 11.5. The third-order valence-electron chi connectivity index (χ3n) is 2.70. The first-order chi connectivity index (χ1) is 8.32. The molecule has 1 aromatic rings. The van der Waals surface area contributed by atoms with Gasteiger partial charge in [0.25, 0.3) is 5.69 Å². The molecule has 18 heavy (non-hydrogen) atoms. The van der Waals surface area contributed by atoms with Gasteiger partial charge in [0.05, 0.1) is 4.92 Å². The lowest BCUT2D eigenvalue weighted by atomic mass is 10.1. The first kappa shape index (κ1) is 14.2. The van der Waals surface area contributed by atoms with Gasteiger partial charge in [0.2, 0.25) is 0 Å². The highest BCUT2D eigenvalue weighted by Crippen LogP contribution is 2.27. The molecule has 0 aliphatic rings. The van der Waals surface area contributed by atoms with Crippen LogP contribution in [-0.2, 0) is 4.79 Å². The Balaban J connectivity index is 2.89. The van der Waals surface area contributed by atoms with Crippen LogP contribution in [0.5, 0.6) is 5.75 Å². The molecule has 5 nitrogen and oxygen atoms in total. The standard InChI is InChI=1S/C13H17NO4/c1-8(2)12(15)7-18-13-6-9(3)11(14(16)17)5-10(13)4/h5-6,8H,7H2,1-4H3. The van der Waals surface area contributed by atoms with Crippen LogP contribution in [0, 0.1) is 29.9 Å². The van der Waals surface area contributed by atoms with Gasteiger partial charge in [0.15, 0.2) is 5.78 Å². The lowest BCUT2D eigenvalue weighted by Crippen LogP contribution is -2.17. The predicted octanol–water partition coefficient (Wildman–Crippen LogP) is 2.82. The molecule has 0 heterocycles. The molecule has 0 atom stereocenters. The number of rotatable bonds is 5. The molecule has 0 aliphatic heterocycles. The van der Waals surface area contributed by atoms with Crippen LogP contribution in [0.15, 0.2) is 12.1 Å². The Labute approximate surface area is 106 Å². The van der Waals surface area contributed by atoms with Gasteiger partial charge in [-0.25, -0.2) is 0 Å². The van der Waals surface area contributed by atoms with Crippen molar-refractivity contribution in [2.75, 3.05) is 6.61 Å². The maximum absolute atomic E-state index is 11.5. The van der Waals surface area contributed by atoms with Gasteiger partial charge in [0, 0.05) is 17.5 Å². The molecule has 0 aliphatic carbocycles. The summed E-state index contributed by atoms with van der Waals surface area (Å²) in [6.07, 6.45) is 0. The molecular weight excluding hydrogens is 234 g/mol.